The number of carbonyl (C=O) groups is 2. The molecule has 168 valence electrons. The van der Waals surface area contributed by atoms with Gasteiger partial charge in [-0.15, -0.1) is 11.3 Å². The highest BCUT2D eigenvalue weighted by Gasteiger charge is 2.23. The molecule has 1 fully saturated rings. The number of thiophene rings is 1. The molecule has 0 atom stereocenters. The lowest BCUT2D eigenvalue weighted by molar-refractivity contribution is -0.116. The summed E-state index contributed by atoms with van der Waals surface area (Å²) in [7, 11) is 0. The summed E-state index contributed by atoms with van der Waals surface area (Å²) in [4.78, 5) is 30.1. The third kappa shape index (κ3) is 5.93. The smallest absolute Gasteiger partial charge is 0.341 e. The Morgan fingerprint density at radius 1 is 1.06 bits per heavy atom. The topological polar surface area (TPSA) is 61.9 Å². The van der Waals surface area contributed by atoms with E-state index in [1.165, 1.54) is 16.9 Å². The molecule has 1 saturated heterocycles. The van der Waals surface area contributed by atoms with Crippen molar-refractivity contribution in [2.75, 3.05) is 51.2 Å². The molecule has 0 spiro atoms. The lowest BCUT2D eigenvalue weighted by Gasteiger charge is -2.33. The molecule has 0 unspecified atom stereocenters. The van der Waals surface area contributed by atoms with Gasteiger partial charge in [-0.3, -0.25) is 4.79 Å². The first kappa shape index (κ1) is 23.4. The van der Waals surface area contributed by atoms with Crippen LogP contribution in [0.2, 0.25) is 0 Å². The monoisotopic (exact) mass is 443 g/mol. The van der Waals surface area contributed by atoms with E-state index in [4.69, 9.17) is 4.74 Å². The molecule has 31 heavy (non-hydrogen) atoms. The van der Waals surface area contributed by atoms with Crippen LogP contribution in [0.5, 0.6) is 0 Å². The van der Waals surface area contributed by atoms with Crippen molar-refractivity contribution in [2.45, 2.75) is 34.1 Å². The Hall–Kier alpha value is -2.22. The Morgan fingerprint density at radius 3 is 2.42 bits per heavy atom. The molecule has 0 saturated carbocycles. The molecule has 1 amide bonds. The van der Waals surface area contributed by atoms with E-state index in [2.05, 4.69) is 42.0 Å². The van der Waals surface area contributed by atoms with Crippen molar-refractivity contribution >= 4 is 28.2 Å². The maximum Gasteiger partial charge on any atom is 0.341 e. The molecular formula is C24H33N3O3S. The van der Waals surface area contributed by atoms with Gasteiger partial charge in [0.2, 0.25) is 5.91 Å². The minimum Gasteiger partial charge on any atom is -0.462 e. The fourth-order valence-electron chi connectivity index (χ4n) is 3.76. The molecule has 2 aromatic rings. The number of ether oxygens (including phenoxy) is 1. The lowest BCUT2D eigenvalue weighted by atomic mass is 9.99. The number of esters is 1. The summed E-state index contributed by atoms with van der Waals surface area (Å²) in [6.45, 7) is 14.3. The van der Waals surface area contributed by atoms with Gasteiger partial charge in [0.15, 0.2) is 0 Å². The number of aryl methyl sites for hydroxylation is 2. The van der Waals surface area contributed by atoms with E-state index in [1.54, 1.807) is 6.92 Å². The normalized spacial score (nSPS) is 15.1. The number of hydrogen-bond acceptors (Lipinski definition) is 6. The van der Waals surface area contributed by atoms with Gasteiger partial charge in [0.1, 0.15) is 10.6 Å². The van der Waals surface area contributed by atoms with Crippen LogP contribution in [0.4, 0.5) is 5.00 Å². The number of benzene rings is 1. The van der Waals surface area contributed by atoms with Crippen molar-refractivity contribution in [1.29, 1.82) is 0 Å². The van der Waals surface area contributed by atoms with Crippen LogP contribution in [-0.4, -0.2) is 67.6 Å². The summed E-state index contributed by atoms with van der Waals surface area (Å²) in [6, 6.07) is 6.13. The van der Waals surface area contributed by atoms with Crippen LogP contribution in [-0.2, 0) is 9.53 Å². The second-order valence-corrected chi connectivity index (χ2v) is 8.83. The maximum absolute atomic E-state index is 12.7. The molecule has 3 rings (SSSR count). The van der Waals surface area contributed by atoms with Crippen LogP contribution in [0.25, 0.3) is 11.1 Å². The van der Waals surface area contributed by atoms with Crippen molar-refractivity contribution < 1.29 is 14.3 Å². The molecule has 6 nitrogen and oxygen atoms in total. The number of nitrogens with zero attached hydrogens (tertiary/aromatic N) is 2. The van der Waals surface area contributed by atoms with Gasteiger partial charge in [-0.1, -0.05) is 25.1 Å². The Kier molecular flexibility index (Phi) is 8.23. The Balaban J connectivity index is 1.71. The van der Waals surface area contributed by atoms with Crippen LogP contribution >= 0.6 is 11.3 Å². The zero-order valence-corrected chi connectivity index (χ0v) is 19.8. The average Bonchev–Trinajstić information content (AvgIpc) is 3.18. The highest BCUT2D eigenvalue weighted by atomic mass is 32.1. The fourth-order valence-corrected chi connectivity index (χ4v) is 4.73. The van der Waals surface area contributed by atoms with Gasteiger partial charge in [-0.25, -0.2) is 4.79 Å². The summed E-state index contributed by atoms with van der Waals surface area (Å²) >= 11 is 1.38. The first-order valence-electron chi connectivity index (χ1n) is 11.0. The zero-order chi connectivity index (χ0) is 22.4. The SMILES string of the molecule is CCOC(=O)c1c(-c2ccc(C)c(C)c2)csc1NC(=O)CCN1CCN(CC)CC1. The Labute approximate surface area is 189 Å². The van der Waals surface area contributed by atoms with Crippen molar-refractivity contribution in [3.63, 3.8) is 0 Å². The van der Waals surface area contributed by atoms with Crippen LogP contribution in [0.3, 0.4) is 0 Å². The number of rotatable bonds is 8. The largest absolute Gasteiger partial charge is 0.462 e. The first-order valence-corrected chi connectivity index (χ1v) is 11.9. The van der Waals surface area contributed by atoms with E-state index in [1.807, 2.05) is 17.5 Å². The first-order chi connectivity index (χ1) is 14.9. The Morgan fingerprint density at radius 2 is 1.77 bits per heavy atom. The van der Waals surface area contributed by atoms with Crippen molar-refractivity contribution in [2.24, 2.45) is 0 Å². The average molecular weight is 444 g/mol. The van der Waals surface area contributed by atoms with E-state index in [0.717, 1.165) is 56.0 Å². The molecule has 1 aromatic heterocycles. The van der Waals surface area contributed by atoms with Crippen LogP contribution in [0.15, 0.2) is 23.6 Å². The summed E-state index contributed by atoms with van der Waals surface area (Å²) in [5.74, 6) is -0.472. The second kappa shape index (κ2) is 10.9. The highest BCUT2D eigenvalue weighted by Crippen LogP contribution is 2.37. The molecule has 1 aromatic carbocycles. The van der Waals surface area contributed by atoms with Gasteiger partial charge >= 0.3 is 5.97 Å². The summed E-state index contributed by atoms with van der Waals surface area (Å²) in [5, 5.41) is 5.46. The van der Waals surface area contributed by atoms with Gasteiger partial charge in [0.25, 0.3) is 0 Å². The minimum atomic E-state index is -0.400. The maximum atomic E-state index is 12.7. The predicted octanol–water partition coefficient (Wildman–Crippen LogP) is 4.17. The third-order valence-electron chi connectivity index (χ3n) is 5.91. The summed E-state index contributed by atoms with van der Waals surface area (Å²) < 4.78 is 5.30. The standard InChI is InChI=1S/C24H33N3O3S/c1-5-26-11-13-27(14-12-26)10-9-21(28)25-23-22(24(29)30-6-2)20(16-31-23)19-8-7-17(3)18(4)15-19/h7-8,15-16H,5-6,9-14H2,1-4H3,(H,25,28). The molecule has 1 N–H and O–H groups in total. The number of amides is 1. The van der Waals surface area contributed by atoms with Crippen molar-refractivity contribution in [3.05, 3.63) is 40.3 Å². The van der Waals surface area contributed by atoms with Crippen molar-refractivity contribution in [1.82, 2.24) is 9.80 Å². The van der Waals surface area contributed by atoms with E-state index in [-0.39, 0.29) is 12.5 Å². The van der Waals surface area contributed by atoms with E-state index < -0.39 is 5.97 Å². The van der Waals surface area contributed by atoms with Crippen LogP contribution in [0, 0.1) is 13.8 Å². The highest BCUT2D eigenvalue weighted by molar-refractivity contribution is 7.15. The molecule has 1 aliphatic rings. The lowest BCUT2D eigenvalue weighted by Crippen LogP contribution is -2.46. The third-order valence-corrected chi connectivity index (χ3v) is 6.80. The number of carbonyl (C=O) groups excluding carboxylic acids is 2. The Bertz CT molecular complexity index is 917. The van der Waals surface area contributed by atoms with E-state index in [0.29, 0.717) is 17.0 Å². The van der Waals surface area contributed by atoms with Gasteiger partial charge in [0, 0.05) is 50.1 Å². The zero-order valence-electron chi connectivity index (χ0n) is 19.0. The molecule has 1 aliphatic heterocycles. The number of nitrogens with one attached hydrogen (secondary N) is 1. The quantitative estimate of drug-likeness (QED) is 0.621. The molecule has 7 heteroatoms. The molecule has 0 bridgehead atoms. The van der Waals surface area contributed by atoms with Gasteiger partial charge in [-0.05, 0) is 44.0 Å². The fraction of sp³-hybridized carbons (Fsp3) is 0.500. The van der Waals surface area contributed by atoms with Gasteiger partial charge in [-0.2, -0.15) is 0 Å². The summed E-state index contributed by atoms with van der Waals surface area (Å²) in [6.07, 6.45) is 0.408. The molecule has 0 radical (unpaired) electrons. The van der Waals surface area contributed by atoms with Gasteiger partial charge < -0.3 is 19.9 Å². The minimum absolute atomic E-state index is 0.0723. The number of hydrogen-bond donors (Lipinski definition) is 1. The number of anilines is 1. The van der Waals surface area contributed by atoms with Gasteiger partial charge in [0.05, 0.1) is 6.61 Å². The van der Waals surface area contributed by atoms with E-state index in [9.17, 15) is 9.59 Å². The predicted molar refractivity (Wildman–Crippen MR) is 127 cm³/mol. The van der Waals surface area contributed by atoms with Crippen LogP contribution < -0.4 is 5.32 Å². The summed E-state index contributed by atoms with van der Waals surface area (Å²) in [5.41, 5.74) is 4.56. The molecular weight excluding hydrogens is 410 g/mol. The second-order valence-electron chi connectivity index (χ2n) is 7.95. The molecule has 2 heterocycles. The van der Waals surface area contributed by atoms with E-state index >= 15 is 0 Å². The molecule has 0 aliphatic carbocycles. The number of piperazine rings is 1. The number of likely N-dealkylation sites (N-methyl/N-ethyl adjacent to an activating group) is 1. The van der Waals surface area contributed by atoms with Crippen molar-refractivity contribution in [3.8, 4) is 11.1 Å². The van der Waals surface area contributed by atoms with Crippen LogP contribution in [0.1, 0.15) is 41.8 Å².